The van der Waals surface area contributed by atoms with Crippen LogP contribution < -0.4 is 15.8 Å². The van der Waals surface area contributed by atoms with Gasteiger partial charge in [-0.2, -0.15) is 0 Å². The molecule has 0 bridgehead atoms. The van der Waals surface area contributed by atoms with Crippen molar-refractivity contribution in [1.29, 1.82) is 0 Å². The third-order valence-corrected chi connectivity index (χ3v) is 2.90. The van der Waals surface area contributed by atoms with E-state index >= 15 is 0 Å². The molecule has 0 atom stereocenters. The number of aromatic nitrogens is 1. The number of nitrogens with zero attached hydrogens (tertiary/aromatic N) is 2. The number of pyridine rings is 1. The van der Waals surface area contributed by atoms with Crippen LogP contribution in [-0.2, 0) is 13.2 Å². The molecule has 5 nitrogen and oxygen atoms in total. The smallest absolute Gasteiger partial charge is 0.189 e. The first-order valence-corrected chi connectivity index (χ1v) is 7.31. The molecule has 124 valence electrons. The van der Waals surface area contributed by atoms with E-state index in [2.05, 4.69) is 15.3 Å². The molecule has 0 spiro atoms. The van der Waals surface area contributed by atoms with Crippen molar-refractivity contribution in [3.8, 4) is 5.75 Å². The fourth-order valence-electron chi connectivity index (χ4n) is 1.85. The summed E-state index contributed by atoms with van der Waals surface area (Å²) in [6.45, 7) is 5.06. The van der Waals surface area contributed by atoms with Gasteiger partial charge in [-0.25, -0.2) is 4.99 Å². The van der Waals surface area contributed by atoms with Gasteiger partial charge in [-0.3, -0.25) is 4.98 Å². The lowest BCUT2D eigenvalue weighted by atomic mass is 10.2. The zero-order valence-electron chi connectivity index (χ0n) is 13.4. The number of guanidine groups is 1. The highest BCUT2D eigenvalue weighted by Gasteiger charge is 1.99. The van der Waals surface area contributed by atoms with Gasteiger partial charge in [0.1, 0.15) is 12.4 Å². The predicted octanol–water partition coefficient (Wildman–Crippen LogP) is 3.09. The summed E-state index contributed by atoms with van der Waals surface area (Å²) in [6.07, 6.45) is 1.76. The van der Waals surface area contributed by atoms with E-state index in [-0.39, 0.29) is 30.0 Å². The highest BCUT2D eigenvalue weighted by molar-refractivity contribution is 14.0. The van der Waals surface area contributed by atoms with Crippen LogP contribution in [0.1, 0.15) is 25.1 Å². The van der Waals surface area contributed by atoms with E-state index in [9.17, 15) is 0 Å². The summed E-state index contributed by atoms with van der Waals surface area (Å²) in [7, 11) is 0. The van der Waals surface area contributed by atoms with Crippen molar-refractivity contribution in [1.82, 2.24) is 10.3 Å². The minimum absolute atomic E-state index is 0. The highest BCUT2D eigenvalue weighted by Crippen LogP contribution is 2.14. The van der Waals surface area contributed by atoms with Gasteiger partial charge in [0.05, 0.1) is 12.2 Å². The summed E-state index contributed by atoms with van der Waals surface area (Å²) in [5, 5.41) is 3.06. The minimum atomic E-state index is 0. The Hall–Kier alpha value is -1.83. The molecule has 3 N–H and O–H groups in total. The maximum atomic E-state index is 5.77. The quantitative estimate of drug-likeness (QED) is 0.423. The minimum Gasteiger partial charge on any atom is -0.487 e. The van der Waals surface area contributed by atoms with Crippen molar-refractivity contribution in [2.45, 2.75) is 33.0 Å². The van der Waals surface area contributed by atoms with Crippen LogP contribution in [0.15, 0.2) is 53.7 Å². The Kier molecular flexibility index (Phi) is 8.39. The molecule has 0 saturated heterocycles. The molecule has 2 aromatic rings. The molecule has 6 heteroatoms. The number of nitrogens with one attached hydrogen (secondary N) is 1. The van der Waals surface area contributed by atoms with Crippen molar-refractivity contribution in [2.75, 3.05) is 0 Å². The summed E-state index contributed by atoms with van der Waals surface area (Å²) in [4.78, 5) is 8.51. The molecule has 0 aliphatic rings. The first kappa shape index (κ1) is 19.2. The number of aliphatic imine (C=N–C) groups is 1. The van der Waals surface area contributed by atoms with E-state index < -0.39 is 0 Å². The molecule has 0 aliphatic heterocycles. The third-order valence-electron chi connectivity index (χ3n) is 2.90. The average Bonchev–Trinajstić information content (AvgIpc) is 2.52. The summed E-state index contributed by atoms with van der Waals surface area (Å²) in [6, 6.07) is 13.9. The number of rotatable bonds is 6. The highest BCUT2D eigenvalue weighted by atomic mass is 127. The number of benzene rings is 1. The molecule has 0 saturated carbocycles. The Morgan fingerprint density at radius 3 is 2.57 bits per heavy atom. The van der Waals surface area contributed by atoms with Crippen LogP contribution in [-0.4, -0.2) is 17.0 Å². The lowest BCUT2D eigenvalue weighted by Crippen LogP contribution is -2.36. The normalized spacial score (nSPS) is 11.0. The molecular weight excluding hydrogens is 403 g/mol. The standard InChI is InChI=1S/C17H22N4O.HI/c1-13(2)21-17(18)20-11-14-6-8-16(9-7-14)22-12-15-5-3-4-10-19-15;/h3-10,13H,11-12H2,1-2H3,(H3,18,20,21);1H. The van der Waals surface area contributed by atoms with E-state index in [4.69, 9.17) is 10.5 Å². The first-order chi connectivity index (χ1) is 10.6. The molecule has 0 fully saturated rings. The second kappa shape index (κ2) is 10.0. The van der Waals surface area contributed by atoms with Crippen LogP contribution in [0.2, 0.25) is 0 Å². The van der Waals surface area contributed by atoms with Gasteiger partial charge in [0.25, 0.3) is 0 Å². The largest absolute Gasteiger partial charge is 0.487 e. The third kappa shape index (κ3) is 7.32. The Balaban J connectivity index is 0.00000264. The molecule has 0 amide bonds. The van der Waals surface area contributed by atoms with Gasteiger partial charge in [-0.1, -0.05) is 18.2 Å². The Morgan fingerprint density at radius 1 is 1.22 bits per heavy atom. The Morgan fingerprint density at radius 2 is 1.96 bits per heavy atom. The molecule has 0 aliphatic carbocycles. The SMILES string of the molecule is CC(C)NC(N)=NCc1ccc(OCc2ccccn2)cc1.I. The van der Waals surface area contributed by atoms with Crippen LogP contribution in [0.4, 0.5) is 0 Å². The van der Waals surface area contributed by atoms with Gasteiger partial charge in [0.15, 0.2) is 5.96 Å². The van der Waals surface area contributed by atoms with Crippen LogP contribution in [0.5, 0.6) is 5.75 Å². The van der Waals surface area contributed by atoms with Crippen LogP contribution in [0.3, 0.4) is 0 Å². The molecule has 0 radical (unpaired) electrons. The zero-order chi connectivity index (χ0) is 15.8. The number of ether oxygens (including phenoxy) is 1. The van der Waals surface area contributed by atoms with Gasteiger partial charge in [0, 0.05) is 12.2 Å². The number of hydrogen-bond acceptors (Lipinski definition) is 3. The summed E-state index contributed by atoms with van der Waals surface area (Å²) >= 11 is 0. The van der Waals surface area contributed by atoms with Gasteiger partial charge in [-0.05, 0) is 43.7 Å². The van der Waals surface area contributed by atoms with Crippen molar-refractivity contribution in [3.05, 3.63) is 59.9 Å². The van der Waals surface area contributed by atoms with Crippen LogP contribution in [0.25, 0.3) is 0 Å². The number of nitrogens with two attached hydrogens (primary N) is 1. The van der Waals surface area contributed by atoms with Crippen LogP contribution >= 0.6 is 24.0 Å². The maximum absolute atomic E-state index is 5.77. The second-order valence-corrected chi connectivity index (χ2v) is 5.25. The Bertz CT molecular complexity index is 600. The van der Waals surface area contributed by atoms with Crippen molar-refractivity contribution >= 4 is 29.9 Å². The molecule has 23 heavy (non-hydrogen) atoms. The second-order valence-electron chi connectivity index (χ2n) is 5.25. The van der Waals surface area contributed by atoms with Crippen molar-refractivity contribution < 1.29 is 4.74 Å². The molecule has 2 rings (SSSR count). The van der Waals surface area contributed by atoms with Gasteiger partial charge < -0.3 is 15.8 Å². The lowest BCUT2D eigenvalue weighted by Gasteiger charge is -2.09. The Labute approximate surface area is 154 Å². The van der Waals surface area contributed by atoms with Crippen LogP contribution in [0, 0.1) is 0 Å². The summed E-state index contributed by atoms with van der Waals surface area (Å²) in [5.41, 5.74) is 7.76. The molecular formula is C17H23IN4O. The van der Waals surface area contributed by atoms with E-state index in [0.29, 0.717) is 19.1 Å². The fourth-order valence-corrected chi connectivity index (χ4v) is 1.85. The predicted molar refractivity (Wildman–Crippen MR) is 104 cm³/mol. The van der Waals surface area contributed by atoms with Gasteiger partial charge in [0.2, 0.25) is 0 Å². The van der Waals surface area contributed by atoms with Gasteiger partial charge >= 0.3 is 0 Å². The molecule has 0 unspecified atom stereocenters. The topological polar surface area (TPSA) is 72.5 Å². The average molecular weight is 426 g/mol. The lowest BCUT2D eigenvalue weighted by molar-refractivity contribution is 0.301. The van der Waals surface area contributed by atoms with E-state index in [1.54, 1.807) is 6.20 Å². The first-order valence-electron chi connectivity index (χ1n) is 7.31. The van der Waals surface area contributed by atoms with Crippen molar-refractivity contribution in [2.24, 2.45) is 10.7 Å². The monoisotopic (exact) mass is 426 g/mol. The van der Waals surface area contributed by atoms with Gasteiger partial charge in [-0.15, -0.1) is 24.0 Å². The number of hydrogen-bond donors (Lipinski definition) is 2. The van der Waals surface area contributed by atoms with E-state index in [1.807, 2.05) is 56.3 Å². The van der Waals surface area contributed by atoms with Crippen molar-refractivity contribution in [3.63, 3.8) is 0 Å². The molecule has 1 aromatic carbocycles. The summed E-state index contributed by atoms with van der Waals surface area (Å²) in [5.74, 6) is 1.28. The van der Waals surface area contributed by atoms with E-state index in [0.717, 1.165) is 17.0 Å². The summed E-state index contributed by atoms with van der Waals surface area (Å²) < 4.78 is 5.69. The molecule has 1 aromatic heterocycles. The molecule has 1 heterocycles. The fraction of sp³-hybridized carbons (Fsp3) is 0.294. The zero-order valence-corrected chi connectivity index (χ0v) is 15.7. The van der Waals surface area contributed by atoms with E-state index in [1.165, 1.54) is 0 Å². The maximum Gasteiger partial charge on any atom is 0.189 e. The number of halogens is 1.